The molecule has 0 aliphatic heterocycles. The van der Waals surface area contributed by atoms with E-state index in [-0.39, 0.29) is 18.6 Å². The minimum Gasteiger partial charge on any atom is -0.364 e. The Bertz CT molecular complexity index is 990. The van der Waals surface area contributed by atoms with Crippen molar-refractivity contribution in [1.29, 1.82) is 0 Å². The molecular formula is C19H18N4O2S. The zero-order valence-electron chi connectivity index (χ0n) is 14.2. The lowest BCUT2D eigenvalue weighted by atomic mass is 10.3. The highest BCUT2D eigenvalue weighted by molar-refractivity contribution is 7.18. The van der Waals surface area contributed by atoms with E-state index in [2.05, 4.69) is 20.3 Å². The molecule has 2 aromatic carbocycles. The topological polar surface area (TPSA) is 79.9 Å². The van der Waals surface area contributed by atoms with Gasteiger partial charge in [-0.25, -0.2) is 9.97 Å². The Morgan fingerprint density at radius 3 is 2.73 bits per heavy atom. The van der Waals surface area contributed by atoms with Gasteiger partial charge in [-0.15, -0.1) is 11.3 Å². The summed E-state index contributed by atoms with van der Waals surface area (Å²) in [4.78, 5) is 24.3. The van der Waals surface area contributed by atoms with Gasteiger partial charge in [0.05, 0.1) is 33.9 Å². The number of imidazole rings is 1. The van der Waals surface area contributed by atoms with Gasteiger partial charge in [0.25, 0.3) is 0 Å². The van der Waals surface area contributed by atoms with E-state index in [1.165, 1.54) is 0 Å². The quantitative estimate of drug-likeness (QED) is 0.547. The number of hydrogen-bond donors (Lipinski definition) is 2. The van der Waals surface area contributed by atoms with Crippen LogP contribution in [0.5, 0.6) is 0 Å². The fourth-order valence-electron chi connectivity index (χ4n) is 2.74. The molecule has 2 heterocycles. The Hall–Kier alpha value is -2.77. The number of nitrogens with zero attached hydrogens (tertiary/aromatic N) is 2. The minimum atomic E-state index is -0.221. The van der Waals surface area contributed by atoms with Gasteiger partial charge in [-0.3, -0.25) is 4.79 Å². The molecule has 7 heteroatoms. The number of aromatic amines is 1. The monoisotopic (exact) mass is 366 g/mol. The normalized spacial score (nSPS) is 12.5. The van der Waals surface area contributed by atoms with Gasteiger partial charge in [0.2, 0.25) is 5.91 Å². The third-order valence-corrected chi connectivity index (χ3v) is 5.00. The molecule has 0 aliphatic carbocycles. The molecule has 0 unspecified atom stereocenters. The molecule has 4 aromatic rings. The van der Waals surface area contributed by atoms with E-state index in [0.29, 0.717) is 6.61 Å². The van der Waals surface area contributed by atoms with E-state index in [4.69, 9.17) is 4.74 Å². The number of H-pyrrole nitrogens is 1. The van der Waals surface area contributed by atoms with Crippen molar-refractivity contribution in [2.24, 2.45) is 0 Å². The summed E-state index contributed by atoms with van der Waals surface area (Å²) < 4.78 is 6.63. The number of rotatable bonds is 6. The first-order valence-corrected chi connectivity index (χ1v) is 9.17. The van der Waals surface area contributed by atoms with Gasteiger partial charge < -0.3 is 15.0 Å². The molecule has 6 nitrogen and oxygen atoms in total. The Kier molecular flexibility index (Phi) is 4.64. The lowest BCUT2D eigenvalue weighted by molar-refractivity contribution is -0.126. The maximum absolute atomic E-state index is 12.1. The van der Waals surface area contributed by atoms with Crippen LogP contribution in [0.3, 0.4) is 0 Å². The number of nitrogens with one attached hydrogen (secondary N) is 2. The molecule has 0 bridgehead atoms. The molecule has 132 valence electrons. The summed E-state index contributed by atoms with van der Waals surface area (Å²) in [5, 5.41) is 3.76. The summed E-state index contributed by atoms with van der Waals surface area (Å²) in [5.41, 5.74) is 2.80. The van der Waals surface area contributed by atoms with E-state index in [1.54, 1.807) is 11.3 Å². The van der Waals surface area contributed by atoms with E-state index in [9.17, 15) is 4.79 Å². The van der Waals surface area contributed by atoms with Gasteiger partial charge in [0.1, 0.15) is 17.4 Å². The molecule has 0 saturated carbocycles. The third kappa shape index (κ3) is 3.58. The predicted octanol–water partition coefficient (Wildman–Crippen LogP) is 3.57. The molecular weight excluding hydrogens is 348 g/mol. The fourth-order valence-corrected chi connectivity index (χ4v) is 3.65. The van der Waals surface area contributed by atoms with Crippen LogP contribution in [0, 0.1) is 0 Å². The fraction of sp³-hybridized carbons (Fsp3) is 0.211. The average Bonchev–Trinajstić information content (AvgIpc) is 3.25. The molecule has 2 aromatic heterocycles. The lowest BCUT2D eigenvalue weighted by Crippen LogP contribution is -2.30. The lowest BCUT2D eigenvalue weighted by Gasteiger charge is -2.11. The van der Waals surface area contributed by atoms with Gasteiger partial charge >= 0.3 is 0 Å². The zero-order chi connectivity index (χ0) is 17.9. The number of carbonyl (C=O) groups is 1. The average molecular weight is 366 g/mol. The number of para-hydroxylation sites is 3. The molecule has 0 aliphatic rings. The Balaban J connectivity index is 1.30. The van der Waals surface area contributed by atoms with E-state index in [1.807, 2.05) is 55.5 Å². The van der Waals surface area contributed by atoms with Crippen molar-refractivity contribution in [3.63, 3.8) is 0 Å². The van der Waals surface area contributed by atoms with Gasteiger partial charge in [-0.2, -0.15) is 0 Å². The van der Waals surface area contributed by atoms with Crippen molar-refractivity contribution >= 4 is 38.5 Å². The molecule has 0 radical (unpaired) electrons. The van der Waals surface area contributed by atoms with Crippen molar-refractivity contribution in [3.05, 3.63) is 59.4 Å². The second-order valence-corrected chi connectivity index (χ2v) is 7.11. The number of thiazole rings is 1. The van der Waals surface area contributed by atoms with Gasteiger partial charge in [-0.1, -0.05) is 24.3 Å². The largest absolute Gasteiger partial charge is 0.364 e. The summed E-state index contributed by atoms with van der Waals surface area (Å²) in [7, 11) is 0. The standard InChI is InChI=1S/C19H18N4O2S/c1-12(19-22-13-6-2-3-7-14(13)23-19)20-17(24)10-25-11-18-21-15-8-4-5-9-16(15)26-18/h2-9,12H,10-11H2,1H3,(H,20,24)(H,22,23)/t12-/m0/s1. The van der Waals surface area contributed by atoms with Crippen LogP contribution in [0.25, 0.3) is 21.3 Å². The molecule has 26 heavy (non-hydrogen) atoms. The van der Waals surface area contributed by atoms with Gasteiger partial charge in [0, 0.05) is 0 Å². The summed E-state index contributed by atoms with van der Waals surface area (Å²) in [6.07, 6.45) is 0. The van der Waals surface area contributed by atoms with Crippen molar-refractivity contribution in [1.82, 2.24) is 20.3 Å². The molecule has 2 N–H and O–H groups in total. The molecule has 1 amide bonds. The number of carbonyl (C=O) groups excluding carboxylic acids is 1. The minimum absolute atomic E-state index is 0.0134. The highest BCUT2D eigenvalue weighted by atomic mass is 32.1. The molecule has 0 fully saturated rings. The highest BCUT2D eigenvalue weighted by Crippen LogP contribution is 2.22. The SMILES string of the molecule is C[C@H](NC(=O)COCc1nc2ccccc2s1)c1nc2ccccc2[nH]1. The molecule has 0 spiro atoms. The maximum Gasteiger partial charge on any atom is 0.246 e. The van der Waals surface area contributed by atoms with Crippen LogP contribution < -0.4 is 5.32 Å². The smallest absolute Gasteiger partial charge is 0.246 e. The number of benzene rings is 2. The van der Waals surface area contributed by atoms with Crippen LogP contribution in [0.4, 0.5) is 0 Å². The van der Waals surface area contributed by atoms with E-state index >= 15 is 0 Å². The van der Waals surface area contributed by atoms with Crippen LogP contribution in [0.2, 0.25) is 0 Å². The summed E-state index contributed by atoms with van der Waals surface area (Å²) in [5.74, 6) is 0.546. The third-order valence-electron chi connectivity index (χ3n) is 3.99. The number of ether oxygens (including phenoxy) is 1. The summed E-state index contributed by atoms with van der Waals surface area (Å²) in [6, 6.07) is 15.5. The second kappa shape index (κ2) is 7.23. The molecule has 1 atom stereocenters. The number of aromatic nitrogens is 3. The summed E-state index contributed by atoms with van der Waals surface area (Å²) >= 11 is 1.58. The Labute approximate surface area is 154 Å². The highest BCUT2D eigenvalue weighted by Gasteiger charge is 2.14. The van der Waals surface area contributed by atoms with Crippen LogP contribution in [0.1, 0.15) is 23.8 Å². The van der Waals surface area contributed by atoms with Crippen LogP contribution in [-0.2, 0) is 16.1 Å². The van der Waals surface area contributed by atoms with Crippen LogP contribution in [0.15, 0.2) is 48.5 Å². The van der Waals surface area contributed by atoms with Crippen LogP contribution in [-0.4, -0.2) is 27.5 Å². The number of amides is 1. The van der Waals surface area contributed by atoms with Gasteiger partial charge in [0.15, 0.2) is 0 Å². The summed E-state index contributed by atoms with van der Waals surface area (Å²) in [6.45, 7) is 2.20. The van der Waals surface area contributed by atoms with Crippen LogP contribution >= 0.6 is 11.3 Å². The first kappa shape index (κ1) is 16.7. The first-order valence-electron chi connectivity index (χ1n) is 8.35. The zero-order valence-corrected chi connectivity index (χ0v) is 15.0. The Morgan fingerprint density at radius 2 is 1.92 bits per heavy atom. The van der Waals surface area contributed by atoms with Crippen molar-refractivity contribution < 1.29 is 9.53 Å². The predicted molar refractivity (Wildman–Crippen MR) is 102 cm³/mol. The molecule has 0 saturated heterocycles. The number of fused-ring (bicyclic) bond motifs is 2. The van der Waals surface area contributed by atoms with Crippen molar-refractivity contribution in [3.8, 4) is 0 Å². The molecule has 4 rings (SSSR count). The second-order valence-electron chi connectivity index (χ2n) is 6.00. The first-order chi connectivity index (χ1) is 12.7. The van der Waals surface area contributed by atoms with E-state index < -0.39 is 0 Å². The van der Waals surface area contributed by atoms with Gasteiger partial charge in [-0.05, 0) is 31.2 Å². The van der Waals surface area contributed by atoms with Crippen molar-refractivity contribution in [2.45, 2.75) is 19.6 Å². The van der Waals surface area contributed by atoms with E-state index in [0.717, 1.165) is 32.1 Å². The van der Waals surface area contributed by atoms with Crippen molar-refractivity contribution in [2.75, 3.05) is 6.61 Å². The Morgan fingerprint density at radius 1 is 1.15 bits per heavy atom. The maximum atomic E-state index is 12.1. The number of hydrogen-bond acceptors (Lipinski definition) is 5.